The number of nitrogens with two attached hydrogens (primary N) is 1. The van der Waals surface area contributed by atoms with Gasteiger partial charge in [0.05, 0.1) is 47.2 Å². The summed E-state index contributed by atoms with van der Waals surface area (Å²) in [6, 6.07) is 14.9. The SMILES string of the molecule is CN(C)CCC(=O)Nc1ccc2c(=O)n(CC3(O)CCN(C(=O)c4cn(CCN)nc4Cc4ccccc4)CC3)cnc2c1.Cl. The lowest BCUT2D eigenvalue weighted by atomic mass is 9.90. The van der Waals surface area contributed by atoms with E-state index in [0.29, 0.717) is 86.3 Å². The third-order valence-electron chi connectivity index (χ3n) is 7.98. The van der Waals surface area contributed by atoms with Gasteiger partial charge in [-0.05, 0) is 50.7 Å². The van der Waals surface area contributed by atoms with Crippen LogP contribution in [-0.2, 0) is 24.3 Å². The van der Waals surface area contributed by atoms with E-state index in [-0.39, 0.29) is 36.3 Å². The molecule has 0 radical (unpaired) electrons. The number of likely N-dealkylation sites (tertiary alicyclic amines) is 1. The van der Waals surface area contributed by atoms with Crippen LogP contribution in [0.15, 0.2) is 65.8 Å². The lowest BCUT2D eigenvalue weighted by Crippen LogP contribution is -2.49. The Balaban J connectivity index is 0.00000461. The molecular formula is C32H41ClN8O4. The van der Waals surface area contributed by atoms with Gasteiger partial charge in [0.15, 0.2) is 0 Å². The number of piperidine rings is 1. The Hall–Kier alpha value is -4.10. The second-order valence-electron chi connectivity index (χ2n) is 11.7. The maximum absolute atomic E-state index is 13.6. The predicted molar refractivity (Wildman–Crippen MR) is 176 cm³/mol. The molecule has 12 nitrogen and oxygen atoms in total. The van der Waals surface area contributed by atoms with E-state index in [0.717, 1.165) is 5.56 Å². The summed E-state index contributed by atoms with van der Waals surface area (Å²) in [7, 11) is 3.81. The number of amides is 2. The zero-order valence-electron chi connectivity index (χ0n) is 25.7. The maximum atomic E-state index is 13.6. The molecule has 1 saturated heterocycles. The Morgan fingerprint density at radius 3 is 2.53 bits per heavy atom. The first kappa shape index (κ1) is 33.8. The van der Waals surface area contributed by atoms with Gasteiger partial charge in [-0.1, -0.05) is 30.3 Å². The molecule has 3 heterocycles. The number of hydrogen-bond donors (Lipinski definition) is 3. The Morgan fingerprint density at radius 1 is 1.11 bits per heavy atom. The summed E-state index contributed by atoms with van der Waals surface area (Å²) in [5, 5.41) is 19.3. The third-order valence-corrected chi connectivity index (χ3v) is 7.98. The second kappa shape index (κ2) is 14.8. The van der Waals surface area contributed by atoms with Crippen LogP contribution in [0.1, 0.15) is 40.9 Å². The van der Waals surface area contributed by atoms with Crippen molar-refractivity contribution in [2.24, 2.45) is 5.73 Å². The van der Waals surface area contributed by atoms with Gasteiger partial charge >= 0.3 is 0 Å². The number of carbonyl (C=O) groups excluding carboxylic acids is 2. The van der Waals surface area contributed by atoms with Crippen LogP contribution in [-0.4, -0.2) is 91.9 Å². The average Bonchev–Trinajstić information content (AvgIpc) is 3.40. The quantitative estimate of drug-likeness (QED) is 0.226. The van der Waals surface area contributed by atoms with Crippen molar-refractivity contribution < 1.29 is 14.7 Å². The van der Waals surface area contributed by atoms with E-state index >= 15 is 0 Å². The molecule has 1 aliphatic rings. The number of halogens is 1. The number of benzene rings is 2. The summed E-state index contributed by atoms with van der Waals surface area (Å²) in [5.41, 5.74) is 7.62. The van der Waals surface area contributed by atoms with E-state index in [1.54, 1.807) is 34.0 Å². The van der Waals surface area contributed by atoms with E-state index in [1.165, 1.54) is 10.9 Å². The van der Waals surface area contributed by atoms with E-state index in [4.69, 9.17) is 5.73 Å². The molecular weight excluding hydrogens is 596 g/mol. The summed E-state index contributed by atoms with van der Waals surface area (Å²) >= 11 is 0. The van der Waals surface area contributed by atoms with Crippen molar-refractivity contribution >= 4 is 40.8 Å². The highest BCUT2D eigenvalue weighted by Crippen LogP contribution is 2.26. The molecule has 0 spiro atoms. The first-order valence-electron chi connectivity index (χ1n) is 14.9. The van der Waals surface area contributed by atoms with Crippen molar-refractivity contribution in [1.29, 1.82) is 0 Å². The maximum Gasteiger partial charge on any atom is 0.261 e. The Bertz CT molecular complexity index is 1680. The highest BCUT2D eigenvalue weighted by atomic mass is 35.5. The van der Waals surface area contributed by atoms with Gasteiger partial charge in [-0.2, -0.15) is 5.10 Å². The fourth-order valence-corrected chi connectivity index (χ4v) is 5.48. The topological polar surface area (TPSA) is 152 Å². The summed E-state index contributed by atoms with van der Waals surface area (Å²) in [6.45, 7) is 2.30. The summed E-state index contributed by atoms with van der Waals surface area (Å²) in [4.78, 5) is 47.2. The number of carbonyl (C=O) groups is 2. The Kier molecular flexibility index (Phi) is 11.1. The monoisotopic (exact) mass is 636 g/mol. The standard InChI is InChI=1S/C32H40N8O4.ClH/c1-37(2)14-10-29(41)35-24-8-9-25-27(19-24)34-22-39(30(25)42)21-32(44)11-15-38(16-12-32)31(43)26-20-40(17-13-33)36-28(26)18-23-6-4-3-5-7-23;/h3-9,19-20,22,44H,10-18,21,33H2,1-2H3,(H,35,41);1H. The van der Waals surface area contributed by atoms with Gasteiger partial charge in [0.1, 0.15) is 0 Å². The smallest absolute Gasteiger partial charge is 0.261 e. The molecule has 2 aromatic carbocycles. The molecule has 1 fully saturated rings. The van der Waals surface area contributed by atoms with Crippen LogP contribution < -0.4 is 16.6 Å². The number of aromatic nitrogens is 4. The Labute approximate surface area is 268 Å². The van der Waals surface area contributed by atoms with Crippen molar-refractivity contribution in [3.63, 3.8) is 0 Å². The molecule has 0 atom stereocenters. The zero-order chi connectivity index (χ0) is 31.3. The molecule has 0 unspecified atom stereocenters. The highest BCUT2D eigenvalue weighted by Gasteiger charge is 2.36. The lowest BCUT2D eigenvalue weighted by Gasteiger charge is -2.38. The normalized spacial score (nSPS) is 14.4. The molecule has 2 amide bonds. The number of hydrogen-bond acceptors (Lipinski definition) is 8. The minimum Gasteiger partial charge on any atom is -0.388 e. The number of nitrogens with one attached hydrogen (secondary N) is 1. The third kappa shape index (κ3) is 8.34. The van der Waals surface area contributed by atoms with Crippen LogP contribution in [0.25, 0.3) is 10.9 Å². The summed E-state index contributed by atoms with van der Waals surface area (Å²) in [5.74, 6) is -0.245. The van der Waals surface area contributed by atoms with Gasteiger partial charge in [-0.25, -0.2) is 4.98 Å². The van der Waals surface area contributed by atoms with Gasteiger partial charge in [0.25, 0.3) is 11.5 Å². The van der Waals surface area contributed by atoms with Crippen LogP contribution in [0.4, 0.5) is 5.69 Å². The molecule has 0 saturated carbocycles. The van der Waals surface area contributed by atoms with Crippen molar-refractivity contribution in [3.05, 3.63) is 88.2 Å². The average molecular weight is 637 g/mol. The minimum absolute atomic E-state index is 0. The first-order chi connectivity index (χ1) is 21.1. The lowest BCUT2D eigenvalue weighted by molar-refractivity contribution is -0.116. The van der Waals surface area contributed by atoms with Crippen LogP contribution in [0.5, 0.6) is 0 Å². The van der Waals surface area contributed by atoms with E-state index in [9.17, 15) is 19.5 Å². The molecule has 2 aromatic heterocycles. The molecule has 0 bridgehead atoms. The molecule has 5 rings (SSSR count). The largest absolute Gasteiger partial charge is 0.388 e. The van der Waals surface area contributed by atoms with Crippen molar-refractivity contribution in [3.8, 4) is 0 Å². The summed E-state index contributed by atoms with van der Waals surface area (Å²) < 4.78 is 3.14. The van der Waals surface area contributed by atoms with Gasteiger partial charge in [0, 0.05) is 50.9 Å². The number of nitrogens with zero attached hydrogens (tertiary/aromatic N) is 6. The van der Waals surface area contributed by atoms with Crippen molar-refractivity contribution in [2.45, 2.75) is 44.4 Å². The molecule has 4 aromatic rings. The second-order valence-corrected chi connectivity index (χ2v) is 11.7. The van der Waals surface area contributed by atoms with Crippen molar-refractivity contribution in [1.82, 2.24) is 29.1 Å². The van der Waals surface area contributed by atoms with Crippen LogP contribution in [0, 0.1) is 0 Å². The van der Waals surface area contributed by atoms with Crippen LogP contribution in [0.2, 0.25) is 0 Å². The molecule has 1 aliphatic heterocycles. The van der Waals surface area contributed by atoms with E-state index < -0.39 is 5.60 Å². The minimum atomic E-state index is -1.17. The predicted octanol–water partition coefficient (Wildman–Crippen LogP) is 2.12. The van der Waals surface area contributed by atoms with E-state index in [2.05, 4.69) is 15.4 Å². The number of aliphatic hydroxyl groups is 1. The molecule has 13 heteroatoms. The molecule has 0 aliphatic carbocycles. The fraction of sp³-hybridized carbons (Fsp3) is 0.406. The molecule has 240 valence electrons. The highest BCUT2D eigenvalue weighted by molar-refractivity contribution is 5.95. The first-order valence-corrected chi connectivity index (χ1v) is 14.9. The van der Waals surface area contributed by atoms with Crippen molar-refractivity contribution in [2.75, 3.05) is 45.6 Å². The number of rotatable bonds is 11. The van der Waals surface area contributed by atoms with Gasteiger partial charge in [-0.15, -0.1) is 12.4 Å². The van der Waals surface area contributed by atoms with Crippen LogP contribution in [0.3, 0.4) is 0 Å². The molecule has 4 N–H and O–H groups in total. The Morgan fingerprint density at radius 2 is 1.84 bits per heavy atom. The fourth-order valence-electron chi connectivity index (χ4n) is 5.48. The number of fused-ring (bicyclic) bond motifs is 1. The van der Waals surface area contributed by atoms with Gasteiger partial charge in [0.2, 0.25) is 5.91 Å². The van der Waals surface area contributed by atoms with Gasteiger partial charge in [-0.3, -0.25) is 23.6 Å². The number of anilines is 1. The van der Waals surface area contributed by atoms with Crippen LogP contribution >= 0.6 is 12.4 Å². The van der Waals surface area contributed by atoms with E-state index in [1.807, 2.05) is 49.3 Å². The zero-order valence-corrected chi connectivity index (χ0v) is 26.5. The van der Waals surface area contributed by atoms with Gasteiger partial charge < -0.3 is 26.0 Å². The molecule has 45 heavy (non-hydrogen) atoms. The summed E-state index contributed by atoms with van der Waals surface area (Å²) in [6.07, 6.45) is 4.70.